The van der Waals surface area contributed by atoms with E-state index in [-0.39, 0.29) is 0 Å². The Morgan fingerprint density at radius 1 is 1.25 bits per heavy atom. The van der Waals surface area contributed by atoms with Crippen LogP contribution in [0.4, 0.5) is 0 Å². The van der Waals surface area contributed by atoms with E-state index >= 15 is 0 Å². The second-order valence-electron chi connectivity index (χ2n) is 3.73. The molecule has 1 N–H and O–H groups in total. The largest absolute Gasteiger partial charge is 0.393 e. The summed E-state index contributed by atoms with van der Waals surface area (Å²) >= 11 is 0. The summed E-state index contributed by atoms with van der Waals surface area (Å²) in [5.41, 5.74) is 0. The third-order valence-electron chi connectivity index (χ3n) is 1.94. The molecule has 0 spiro atoms. The lowest BCUT2D eigenvalue weighted by Crippen LogP contribution is -2.06. The average Bonchev–Trinajstić information content (AvgIpc) is 1.98. The number of rotatable bonds is 7. The van der Waals surface area contributed by atoms with Gasteiger partial charge < -0.3 is 9.90 Å². The zero-order valence-electron chi connectivity index (χ0n) is 8.12. The van der Waals surface area contributed by atoms with E-state index in [0.29, 0.717) is 6.42 Å². The van der Waals surface area contributed by atoms with Gasteiger partial charge in [-0.25, -0.2) is 0 Å². The van der Waals surface area contributed by atoms with E-state index in [1.165, 1.54) is 6.42 Å². The van der Waals surface area contributed by atoms with Crippen LogP contribution in [-0.2, 0) is 4.79 Å². The van der Waals surface area contributed by atoms with Gasteiger partial charge in [-0.1, -0.05) is 33.1 Å². The fourth-order valence-corrected chi connectivity index (χ4v) is 1.16. The monoisotopic (exact) mass is 172 g/mol. The minimum absolute atomic E-state index is 0.293. The molecule has 0 aromatic heterocycles. The molecule has 0 aliphatic carbocycles. The Morgan fingerprint density at radius 3 is 2.33 bits per heavy atom. The molecular weight excluding hydrogens is 152 g/mol. The molecule has 0 aromatic rings. The maximum atomic E-state index is 10.00. The SMILES string of the molecule is CC(C)CCCCC(O)CC=O. The minimum atomic E-state index is -0.408. The van der Waals surface area contributed by atoms with E-state index < -0.39 is 6.10 Å². The first-order valence-corrected chi connectivity index (χ1v) is 4.78. The highest BCUT2D eigenvalue weighted by Gasteiger charge is 2.02. The zero-order valence-corrected chi connectivity index (χ0v) is 8.12. The number of aliphatic hydroxyl groups excluding tert-OH is 1. The number of aldehydes is 1. The van der Waals surface area contributed by atoms with Crippen molar-refractivity contribution in [3.05, 3.63) is 0 Å². The fraction of sp³-hybridized carbons (Fsp3) is 0.900. The first-order chi connectivity index (χ1) is 5.66. The highest BCUT2D eigenvalue weighted by atomic mass is 16.3. The molecule has 0 saturated carbocycles. The molecule has 0 radical (unpaired) electrons. The van der Waals surface area contributed by atoms with Crippen molar-refractivity contribution in [3.8, 4) is 0 Å². The van der Waals surface area contributed by atoms with Crippen molar-refractivity contribution >= 4 is 6.29 Å². The van der Waals surface area contributed by atoms with Gasteiger partial charge >= 0.3 is 0 Å². The molecule has 12 heavy (non-hydrogen) atoms. The number of hydrogen-bond acceptors (Lipinski definition) is 2. The fourth-order valence-electron chi connectivity index (χ4n) is 1.16. The van der Waals surface area contributed by atoms with E-state index in [0.717, 1.165) is 31.5 Å². The van der Waals surface area contributed by atoms with Crippen LogP contribution in [-0.4, -0.2) is 17.5 Å². The highest BCUT2D eigenvalue weighted by molar-refractivity contribution is 5.49. The second-order valence-corrected chi connectivity index (χ2v) is 3.73. The Kier molecular flexibility index (Phi) is 7.06. The van der Waals surface area contributed by atoms with Gasteiger partial charge in [-0.3, -0.25) is 0 Å². The number of aliphatic hydroxyl groups is 1. The summed E-state index contributed by atoms with van der Waals surface area (Å²) in [6.45, 7) is 4.39. The highest BCUT2D eigenvalue weighted by Crippen LogP contribution is 2.10. The molecule has 1 atom stereocenters. The molecule has 0 bridgehead atoms. The van der Waals surface area contributed by atoms with Crippen molar-refractivity contribution < 1.29 is 9.90 Å². The molecule has 0 heterocycles. The van der Waals surface area contributed by atoms with E-state index in [1.807, 2.05) is 0 Å². The number of unbranched alkanes of at least 4 members (excludes halogenated alkanes) is 1. The third kappa shape index (κ3) is 7.73. The number of hydrogen-bond donors (Lipinski definition) is 1. The maximum Gasteiger partial charge on any atom is 0.122 e. The van der Waals surface area contributed by atoms with Gasteiger partial charge in [0.15, 0.2) is 0 Å². The van der Waals surface area contributed by atoms with Crippen molar-refractivity contribution in [2.75, 3.05) is 0 Å². The van der Waals surface area contributed by atoms with Crippen molar-refractivity contribution in [1.82, 2.24) is 0 Å². The average molecular weight is 172 g/mol. The summed E-state index contributed by atoms with van der Waals surface area (Å²) in [4.78, 5) is 10.00. The first kappa shape index (κ1) is 11.6. The van der Waals surface area contributed by atoms with Gasteiger partial charge in [0.1, 0.15) is 6.29 Å². The molecule has 0 saturated heterocycles. The van der Waals surface area contributed by atoms with Crippen LogP contribution in [0, 0.1) is 5.92 Å². The van der Waals surface area contributed by atoms with Gasteiger partial charge in [-0.2, -0.15) is 0 Å². The van der Waals surface area contributed by atoms with Crippen molar-refractivity contribution in [2.45, 2.75) is 52.1 Å². The van der Waals surface area contributed by atoms with Gasteiger partial charge in [-0.15, -0.1) is 0 Å². The summed E-state index contributed by atoms with van der Waals surface area (Å²) in [6.07, 6.45) is 4.85. The van der Waals surface area contributed by atoms with Gasteiger partial charge in [-0.05, 0) is 12.3 Å². The Labute approximate surface area is 75.0 Å². The van der Waals surface area contributed by atoms with E-state index in [4.69, 9.17) is 0 Å². The van der Waals surface area contributed by atoms with Gasteiger partial charge in [0.2, 0.25) is 0 Å². The summed E-state index contributed by atoms with van der Waals surface area (Å²) < 4.78 is 0. The van der Waals surface area contributed by atoms with E-state index in [1.54, 1.807) is 0 Å². The molecule has 0 rings (SSSR count). The van der Waals surface area contributed by atoms with Crippen LogP contribution < -0.4 is 0 Å². The molecule has 0 amide bonds. The van der Waals surface area contributed by atoms with Crippen LogP contribution in [0.5, 0.6) is 0 Å². The normalized spacial score (nSPS) is 13.3. The number of carbonyl (C=O) groups is 1. The summed E-state index contributed by atoms with van der Waals surface area (Å²) in [7, 11) is 0. The molecule has 0 fully saturated rings. The third-order valence-corrected chi connectivity index (χ3v) is 1.94. The van der Waals surface area contributed by atoms with Gasteiger partial charge in [0.25, 0.3) is 0 Å². The number of carbonyl (C=O) groups excluding carboxylic acids is 1. The molecule has 0 aliphatic heterocycles. The topological polar surface area (TPSA) is 37.3 Å². The zero-order chi connectivity index (χ0) is 9.40. The molecule has 2 nitrogen and oxygen atoms in total. The molecule has 0 aliphatic rings. The first-order valence-electron chi connectivity index (χ1n) is 4.78. The lowest BCUT2D eigenvalue weighted by molar-refractivity contribution is -0.109. The molecule has 72 valence electrons. The smallest absolute Gasteiger partial charge is 0.122 e. The standard InChI is InChI=1S/C10H20O2/c1-9(2)5-3-4-6-10(12)7-8-11/h8-10,12H,3-7H2,1-2H3. The van der Waals surface area contributed by atoms with Crippen LogP contribution in [0.1, 0.15) is 46.0 Å². The van der Waals surface area contributed by atoms with Gasteiger partial charge in [0.05, 0.1) is 6.10 Å². The van der Waals surface area contributed by atoms with Crippen LogP contribution >= 0.6 is 0 Å². The van der Waals surface area contributed by atoms with E-state index in [2.05, 4.69) is 13.8 Å². The summed E-state index contributed by atoms with van der Waals surface area (Å²) in [5.74, 6) is 0.744. The molecule has 1 unspecified atom stereocenters. The molecular formula is C10H20O2. The Bertz CT molecular complexity index is 110. The van der Waals surface area contributed by atoms with Crippen LogP contribution in [0.3, 0.4) is 0 Å². The Hall–Kier alpha value is -0.370. The van der Waals surface area contributed by atoms with Gasteiger partial charge in [0, 0.05) is 6.42 Å². The summed E-state index contributed by atoms with van der Waals surface area (Å²) in [6, 6.07) is 0. The Balaban J connectivity index is 3.13. The predicted molar refractivity (Wildman–Crippen MR) is 50.0 cm³/mol. The maximum absolute atomic E-state index is 10.00. The van der Waals surface area contributed by atoms with Crippen LogP contribution in [0.25, 0.3) is 0 Å². The predicted octanol–water partition coefficient (Wildman–Crippen LogP) is 2.15. The van der Waals surface area contributed by atoms with Crippen molar-refractivity contribution in [1.29, 1.82) is 0 Å². The van der Waals surface area contributed by atoms with Crippen LogP contribution in [0.2, 0.25) is 0 Å². The quantitative estimate of drug-likeness (QED) is 0.472. The van der Waals surface area contributed by atoms with Crippen molar-refractivity contribution in [3.63, 3.8) is 0 Å². The lowest BCUT2D eigenvalue weighted by atomic mass is 10.0. The van der Waals surface area contributed by atoms with E-state index in [9.17, 15) is 9.90 Å². The minimum Gasteiger partial charge on any atom is -0.393 e. The summed E-state index contributed by atoms with van der Waals surface area (Å²) in [5, 5.41) is 9.18. The molecule has 2 heteroatoms. The van der Waals surface area contributed by atoms with Crippen molar-refractivity contribution in [2.24, 2.45) is 5.92 Å². The molecule has 0 aromatic carbocycles. The Morgan fingerprint density at radius 2 is 1.83 bits per heavy atom. The van der Waals surface area contributed by atoms with Crippen LogP contribution in [0.15, 0.2) is 0 Å². The second kappa shape index (κ2) is 7.29. The lowest BCUT2D eigenvalue weighted by Gasteiger charge is -2.07.